The van der Waals surface area contributed by atoms with Crippen LogP contribution in [0.2, 0.25) is 0 Å². The first-order valence-corrected chi connectivity index (χ1v) is 12.4. The first-order valence-electron chi connectivity index (χ1n) is 12.4. The number of aromatic nitrogens is 1. The highest BCUT2D eigenvalue weighted by Crippen LogP contribution is 2.26. The van der Waals surface area contributed by atoms with E-state index in [0.29, 0.717) is 25.3 Å². The van der Waals surface area contributed by atoms with Gasteiger partial charge in [0.1, 0.15) is 17.0 Å². The van der Waals surface area contributed by atoms with Crippen molar-refractivity contribution >= 4 is 18.0 Å². The molecule has 1 fully saturated rings. The first kappa shape index (κ1) is 27.5. The van der Waals surface area contributed by atoms with Gasteiger partial charge in [-0.2, -0.15) is 0 Å². The molecule has 3 rings (SSSR count). The number of nitrogens with zero attached hydrogens (tertiary/aromatic N) is 3. The van der Waals surface area contributed by atoms with E-state index >= 15 is 0 Å². The SMILES string of the molecule is Cc1cc(CC2CN(C(=O)OC(C)(C)C)C[C@H]2O)nc(N(Cc2ccccc2)C(=O)OC(C)(C)C)c1. The van der Waals surface area contributed by atoms with Crippen LogP contribution in [0, 0.1) is 12.8 Å². The van der Waals surface area contributed by atoms with Crippen molar-refractivity contribution in [1.29, 1.82) is 0 Å². The summed E-state index contributed by atoms with van der Waals surface area (Å²) in [7, 11) is 0. The topological polar surface area (TPSA) is 92.2 Å². The van der Waals surface area contributed by atoms with Crippen molar-refractivity contribution in [3.63, 3.8) is 0 Å². The minimum Gasteiger partial charge on any atom is -0.444 e. The number of benzene rings is 1. The Labute approximate surface area is 214 Å². The van der Waals surface area contributed by atoms with Crippen LogP contribution in [0.25, 0.3) is 0 Å². The Kier molecular flexibility index (Phi) is 8.29. The number of rotatable bonds is 5. The normalized spacial score (nSPS) is 18.2. The van der Waals surface area contributed by atoms with Gasteiger partial charge in [-0.25, -0.2) is 14.6 Å². The molecular weight excluding hydrogens is 458 g/mol. The third-order valence-corrected chi connectivity index (χ3v) is 5.61. The molecule has 1 unspecified atom stereocenters. The number of ether oxygens (including phenoxy) is 2. The molecule has 36 heavy (non-hydrogen) atoms. The number of pyridine rings is 1. The molecule has 0 bridgehead atoms. The Morgan fingerprint density at radius 1 is 1.03 bits per heavy atom. The summed E-state index contributed by atoms with van der Waals surface area (Å²) in [6.45, 7) is 13.8. The molecule has 1 aromatic carbocycles. The van der Waals surface area contributed by atoms with E-state index in [2.05, 4.69) is 0 Å². The minimum atomic E-state index is -0.686. The van der Waals surface area contributed by atoms with Gasteiger partial charge in [0.15, 0.2) is 0 Å². The van der Waals surface area contributed by atoms with Crippen molar-refractivity contribution in [2.75, 3.05) is 18.0 Å². The summed E-state index contributed by atoms with van der Waals surface area (Å²) in [6.07, 6.45) is -1.13. The maximum atomic E-state index is 13.2. The lowest BCUT2D eigenvalue weighted by atomic mass is 9.99. The Morgan fingerprint density at radius 3 is 2.28 bits per heavy atom. The van der Waals surface area contributed by atoms with Gasteiger partial charge in [-0.15, -0.1) is 0 Å². The molecule has 1 saturated heterocycles. The van der Waals surface area contributed by atoms with Crippen molar-refractivity contribution in [3.05, 3.63) is 59.3 Å². The molecule has 1 aliphatic rings. The van der Waals surface area contributed by atoms with Gasteiger partial charge < -0.3 is 19.5 Å². The van der Waals surface area contributed by atoms with E-state index in [1.807, 2.05) is 90.9 Å². The number of aryl methyl sites for hydroxylation is 1. The molecule has 8 nitrogen and oxygen atoms in total. The smallest absolute Gasteiger partial charge is 0.416 e. The number of amides is 2. The van der Waals surface area contributed by atoms with Gasteiger partial charge in [-0.1, -0.05) is 30.3 Å². The van der Waals surface area contributed by atoms with E-state index in [-0.39, 0.29) is 12.5 Å². The third-order valence-electron chi connectivity index (χ3n) is 5.61. The molecule has 196 valence electrons. The molecule has 2 atom stereocenters. The lowest BCUT2D eigenvalue weighted by Gasteiger charge is -2.27. The molecule has 1 aliphatic heterocycles. The van der Waals surface area contributed by atoms with Crippen molar-refractivity contribution in [2.45, 2.75) is 78.7 Å². The zero-order chi connectivity index (χ0) is 26.7. The predicted octanol–water partition coefficient (Wildman–Crippen LogP) is 5.10. The van der Waals surface area contributed by atoms with Crippen molar-refractivity contribution in [3.8, 4) is 0 Å². The van der Waals surface area contributed by atoms with Crippen molar-refractivity contribution < 1.29 is 24.2 Å². The molecule has 0 saturated carbocycles. The minimum absolute atomic E-state index is 0.191. The number of β-amino-alcohol motifs (C(OH)–C–C–N with tert-alkyl or cyclic N) is 1. The molecule has 8 heteroatoms. The number of anilines is 1. The third kappa shape index (κ3) is 7.95. The van der Waals surface area contributed by atoms with Gasteiger partial charge in [0.25, 0.3) is 0 Å². The molecule has 1 aromatic heterocycles. The quantitative estimate of drug-likeness (QED) is 0.618. The van der Waals surface area contributed by atoms with E-state index in [4.69, 9.17) is 14.5 Å². The number of carbonyl (C=O) groups is 2. The maximum Gasteiger partial charge on any atom is 0.416 e. The Hall–Kier alpha value is -3.13. The highest BCUT2D eigenvalue weighted by Gasteiger charge is 2.36. The van der Waals surface area contributed by atoms with Crippen molar-refractivity contribution in [1.82, 2.24) is 9.88 Å². The zero-order valence-electron chi connectivity index (χ0n) is 22.4. The van der Waals surface area contributed by atoms with Crippen LogP contribution in [-0.2, 0) is 22.4 Å². The van der Waals surface area contributed by atoms with E-state index in [0.717, 1.165) is 16.8 Å². The summed E-state index contributed by atoms with van der Waals surface area (Å²) < 4.78 is 11.1. The van der Waals surface area contributed by atoms with E-state index in [1.54, 1.807) is 4.90 Å². The van der Waals surface area contributed by atoms with Crippen molar-refractivity contribution in [2.24, 2.45) is 5.92 Å². The number of hydrogen-bond acceptors (Lipinski definition) is 6. The molecule has 2 aromatic rings. The fraction of sp³-hybridized carbons (Fsp3) is 0.536. The second kappa shape index (κ2) is 10.9. The van der Waals surface area contributed by atoms with Crippen LogP contribution >= 0.6 is 0 Å². The summed E-state index contributed by atoms with van der Waals surface area (Å²) in [5.74, 6) is 0.295. The Balaban J connectivity index is 1.82. The van der Waals surface area contributed by atoms with Gasteiger partial charge >= 0.3 is 12.2 Å². The van der Waals surface area contributed by atoms with Gasteiger partial charge in [-0.3, -0.25) is 4.90 Å². The van der Waals surface area contributed by atoms with Gasteiger partial charge in [0.05, 0.1) is 19.2 Å². The average Bonchev–Trinajstić information content (AvgIpc) is 3.10. The number of hydrogen-bond donors (Lipinski definition) is 1. The maximum absolute atomic E-state index is 13.2. The summed E-state index contributed by atoms with van der Waals surface area (Å²) in [6, 6.07) is 13.5. The van der Waals surface area contributed by atoms with Gasteiger partial charge in [0, 0.05) is 18.2 Å². The number of likely N-dealkylation sites (tertiary alicyclic amines) is 1. The van der Waals surface area contributed by atoms with Crippen LogP contribution in [0.3, 0.4) is 0 Å². The van der Waals surface area contributed by atoms with Crippen LogP contribution in [0.1, 0.15) is 58.4 Å². The van der Waals surface area contributed by atoms with E-state index in [9.17, 15) is 14.7 Å². The summed E-state index contributed by atoms with van der Waals surface area (Å²) >= 11 is 0. The molecule has 2 heterocycles. The Bertz CT molecular complexity index is 1060. The lowest BCUT2D eigenvalue weighted by Crippen LogP contribution is -2.37. The molecule has 0 aliphatic carbocycles. The highest BCUT2D eigenvalue weighted by atomic mass is 16.6. The van der Waals surface area contributed by atoms with E-state index < -0.39 is 29.5 Å². The van der Waals surface area contributed by atoms with E-state index in [1.165, 1.54) is 4.90 Å². The van der Waals surface area contributed by atoms with Crippen LogP contribution < -0.4 is 4.90 Å². The van der Waals surface area contributed by atoms with Crippen LogP contribution in [0.5, 0.6) is 0 Å². The standard InChI is InChI=1S/C28H39N3O5/c1-19-13-22(15-21-17-30(18-23(21)32)25(33)35-27(2,3)4)29-24(14-19)31(26(34)36-28(5,6)7)16-20-11-9-8-10-12-20/h8-14,21,23,32H,15-18H2,1-7H3/t21?,23-/m1/s1. The van der Waals surface area contributed by atoms with Gasteiger partial charge in [0.2, 0.25) is 0 Å². The molecule has 0 radical (unpaired) electrons. The monoisotopic (exact) mass is 497 g/mol. The number of aliphatic hydroxyl groups is 1. The van der Waals surface area contributed by atoms with Gasteiger partial charge in [-0.05, 0) is 78.1 Å². The Morgan fingerprint density at radius 2 is 1.67 bits per heavy atom. The largest absolute Gasteiger partial charge is 0.444 e. The fourth-order valence-electron chi connectivity index (χ4n) is 4.08. The fourth-order valence-corrected chi connectivity index (χ4v) is 4.08. The molecule has 1 N–H and O–H groups in total. The summed E-state index contributed by atoms with van der Waals surface area (Å²) in [4.78, 5) is 33.5. The predicted molar refractivity (Wildman–Crippen MR) is 139 cm³/mol. The van der Waals surface area contributed by atoms with Crippen LogP contribution in [0.15, 0.2) is 42.5 Å². The van der Waals surface area contributed by atoms with Crippen LogP contribution in [0.4, 0.5) is 15.4 Å². The second-order valence-electron chi connectivity index (χ2n) is 11.5. The lowest BCUT2D eigenvalue weighted by molar-refractivity contribution is 0.0269. The van der Waals surface area contributed by atoms with Crippen LogP contribution in [-0.4, -0.2) is 57.6 Å². The molecule has 2 amide bonds. The summed E-state index contributed by atoms with van der Waals surface area (Å²) in [5, 5.41) is 10.7. The summed E-state index contributed by atoms with van der Waals surface area (Å²) in [5.41, 5.74) is 1.37. The average molecular weight is 498 g/mol. The molecule has 0 spiro atoms. The second-order valence-corrected chi connectivity index (χ2v) is 11.5. The first-order chi connectivity index (χ1) is 16.7. The number of carbonyl (C=O) groups excluding carboxylic acids is 2. The zero-order valence-corrected chi connectivity index (χ0v) is 22.4. The highest BCUT2D eigenvalue weighted by molar-refractivity contribution is 5.86. The molecular formula is C28H39N3O5. The number of aliphatic hydroxyl groups excluding tert-OH is 1.